The molecule has 1 saturated heterocycles. The SMILES string of the molecule is COc1ccc(C(=O)N2CCCN(c3ccc(NC(=O)c4ccccc4Cl)cc3C(=O)N(C)Cc3ccccc3)CC2)cc1. The van der Waals surface area contributed by atoms with Gasteiger partial charge in [-0.1, -0.05) is 54.1 Å². The summed E-state index contributed by atoms with van der Waals surface area (Å²) in [6.07, 6.45) is 0.736. The summed E-state index contributed by atoms with van der Waals surface area (Å²) >= 11 is 6.25. The topological polar surface area (TPSA) is 82.2 Å². The number of carbonyl (C=O) groups excluding carboxylic acids is 3. The zero-order valence-electron chi connectivity index (χ0n) is 24.8. The molecule has 4 aromatic carbocycles. The van der Waals surface area contributed by atoms with Gasteiger partial charge in [-0.15, -0.1) is 0 Å². The molecule has 0 atom stereocenters. The number of methoxy groups -OCH3 is 1. The molecule has 0 aromatic heterocycles. The van der Waals surface area contributed by atoms with Gasteiger partial charge in [0.15, 0.2) is 0 Å². The third kappa shape index (κ3) is 7.21. The number of anilines is 2. The van der Waals surface area contributed by atoms with Crippen LogP contribution in [0.1, 0.15) is 43.1 Å². The van der Waals surface area contributed by atoms with Crippen molar-refractivity contribution in [3.05, 3.63) is 124 Å². The van der Waals surface area contributed by atoms with Gasteiger partial charge in [0, 0.05) is 56.7 Å². The zero-order chi connectivity index (χ0) is 31.1. The minimum absolute atomic E-state index is 0.0361. The van der Waals surface area contributed by atoms with Gasteiger partial charge in [0.05, 0.1) is 23.3 Å². The predicted molar refractivity (Wildman–Crippen MR) is 174 cm³/mol. The van der Waals surface area contributed by atoms with Gasteiger partial charge in [-0.25, -0.2) is 0 Å². The number of carbonyl (C=O) groups is 3. The summed E-state index contributed by atoms with van der Waals surface area (Å²) in [7, 11) is 3.36. The number of hydrogen-bond donors (Lipinski definition) is 1. The summed E-state index contributed by atoms with van der Waals surface area (Å²) < 4.78 is 5.22. The summed E-state index contributed by atoms with van der Waals surface area (Å²) in [5, 5.41) is 3.25. The first-order chi connectivity index (χ1) is 21.3. The highest BCUT2D eigenvalue weighted by Gasteiger charge is 2.25. The van der Waals surface area contributed by atoms with Crippen molar-refractivity contribution >= 4 is 40.7 Å². The van der Waals surface area contributed by atoms with E-state index in [4.69, 9.17) is 16.3 Å². The molecule has 4 aromatic rings. The molecule has 0 radical (unpaired) electrons. The third-order valence-corrected chi connectivity index (χ3v) is 8.00. The molecule has 1 fully saturated rings. The van der Waals surface area contributed by atoms with Gasteiger partial charge >= 0.3 is 0 Å². The fourth-order valence-electron chi connectivity index (χ4n) is 5.32. The van der Waals surface area contributed by atoms with Gasteiger partial charge in [-0.2, -0.15) is 0 Å². The van der Waals surface area contributed by atoms with Crippen molar-refractivity contribution in [2.45, 2.75) is 13.0 Å². The number of benzene rings is 4. The van der Waals surface area contributed by atoms with Crippen LogP contribution >= 0.6 is 11.6 Å². The van der Waals surface area contributed by atoms with Crippen molar-refractivity contribution in [1.82, 2.24) is 9.80 Å². The third-order valence-electron chi connectivity index (χ3n) is 7.67. The van der Waals surface area contributed by atoms with Crippen LogP contribution in [-0.4, -0.2) is 67.9 Å². The lowest BCUT2D eigenvalue weighted by Gasteiger charge is -2.28. The van der Waals surface area contributed by atoms with Crippen LogP contribution in [0.15, 0.2) is 97.1 Å². The molecule has 1 aliphatic heterocycles. The molecule has 0 unspecified atom stereocenters. The second-order valence-corrected chi connectivity index (χ2v) is 11.1. The molecule has 1 aliphatic rings. The molecule has 9 heteroatoms. The lowest BCUT2D eigenvalue weighted by molar-refractivity contribution is 0.0763. The van der Waals surface area contributed by atoms with Crippen LogP contribution in [0.2, 0.25) is 5.02 Å². The number of hydrogen-bond acceptors (Lipinski definition) is 5. The summed E-state index contributed by atoms with van der Waals surface area (Å²) in [4.78, 5) is 45.9. The molecule has 0 saturated carbocycles. The van der Waals surface area contributed by atoms with Crippen molar-refractivity contribution in [2.24, 2.45) is 0 Å². The maximum atomic E-state index is 14.0. The van der Waals surface area contributed by atoms with Crippen LogP contribution in [0, 0.1) is 0 Å². The number of ether oxygens (including phenoxy) is 1. The molecule has 5 rings (SSSR count). The van der Waals surface area contributed by atoms with E-state index in [0.29, 0.717) is 65.9 Å². The molecular weight excluding hydrogens is 576 g/mol. The molecule has 0 spiro atoms. The monoisotopic (exact) mass is 610 g/mol. The van der Waals surface area contributed by atoms with Crippen LogP contribution in [0.25, 0.3) is 0 Å². The summed E-state index contributed by atoms with van der Waals surface area (Å²) in [5.74, 6) is 0.130. The lowest BCUT2D eigenvalue weighted by Crippen LogP contribution is -2.36. The van der Waals surface area contributed by atoms with E-state index in [1.807, 2.05) is 41.3 Å². The largest absolute Gasteiger partial charge is 0.497 e. The van der Waals surface area contributed by atoms with Gasteiger partial charge in [0.25, 0.3) is 17.7 Å². The maximum Gasteiger partial charge on any atom is 0.257 e. The Morgan fingerprint density at radius 2 is 1.57 bits per heavy atom. The Hall–Kier alpha value is -4.82. The van der Waals surface area contributed by atoms with E-state index in [9.17, 15) is 14.4 Å². The van der Waals surface area contributed by atoms with Crippen molar-refractivity contribution in [3.8, 4) is 5.75 Å². The van der Waals surface area contributed by atoms with Crippen molar-refractivity contribution < 1.29 is 19.1 Å². The van der Waals surface area contributed by atoms with Gasteiger partial charge in [0.2, 0.25) is 0 Å². The maximum absolute atomic E-state index is 14.0. The Bertz CT molecular complexity index is 1630. The lowest BCUT2D eigenvalue weighted by atomic mass is 10.1. The Labute approximate surface area is 262 Å². The standard InChI is InChI=1S/C35H35ClN4O4/c1-38(24-25-9-4-3-5-10-25)35(43)30-23-27(37-33(41)29-11-6-7-12-31(29)36)15-18-32(30)39-19-8-20-40(22-21-39)34(42)26-13-16-28(44-2)17-14-26/h3-7,9-18,23H,8,19-22,24H2,1-2H3,(H,37,41). The van der Waals surface area contributed by atoms with Crippen LogP contribution < -0.4 is 15.0 Å². The van der Waals surface area contributed by atoms with E-state index in [2.05, 4.69) is 10.2 Å². The number of nitrogens with one attached hydrogen (secondary N) is 1. The number of amides is 3. The normalized spacial score (nSPS) is 13.2. The number of halogens is 1. The van der Waals surface area contributed by atoms with Crippen molar-refractivity contribution in [1.29, 1.82) is 0 Å². The van der Waals surface area contributed by atoms with Gasteiger partial charge in [0.1, 0.15) is 5.75 Å². The highest BCUT2D eigenvalue weighted by atomic mass is 35.5. The van der Waals surface area contributed by atoms with E-state index < -0.39 is 0 Å². The Kier molecular flexibility index (Phi) is 9.82. The molecular formula is C35H35ClN4O4. The summed E-state index contributed by atoms with van der Waals surface area (Å²) in [5.41, 5.74) is 3.68. The average molecular weight is 611 g/mol. The fourth-order valence-corrected chi connectivity index (χ4v) is 5.54. The summed E-state index contributed by atoms with van der Waals surface area (Å²) in [6.45, 7) is 2.75. The van der Waals surface area contributed by atoms with Crippen LogP contribution in [0.5, 0.6) is 5.75 Å². The van der Waals surface area contributed by atoms with E-state index >= 15 is 0 Å². The van der Waals surface area contributed by atoms with Gasteiger partial charge in [-0.3, -0.25) is 14.4 Å². The van der Waals surface area contributed by atoms with E-state index in [1.165, 1.54) is 0 Å². The molecule has 0 bridgehead atoms. The molecule has 8 nitrogen and oxygen atoms in total. The minimum atomic E-state index is -0.359. The van der Waals surface area contributed by atoms with E-state index in [0.717, 1.165) is 17.7 Å². The molecule has 3 amide bonds. The average Bonchev–Trinajstić information content (AvgIpc) is 3.31. The highest BCUT2D eigenvalue weighted by Crippen LogP contribution is 2.28. The molecule has 1 N–H and O–H groups in total. The van der Waals surface area contributed by atoms with Crippen LogP contribution in [-0.2, 0) is 6.54 Å². The highest BCUT2D eigenvalue weighted by molar-refractivity contribution is 6.34. The fraction of sp³-hybridized carbons (Fsp3) is 0.229. The first-order valence-electron chi connectivity index (χ1n) is 14.5. The van der Waals surface area contributed by atoms with E-state index in [1.54, 1.807) is 79.7 Å². The van der Waals surface area contributed by atoms with Crippen LogP contribution in [0.4, 0.5) is 11.4 Å². The predicted octanol–water partition coefficient (Wildman–Crippen LogP) is 6.23. The van der Waals surface area contributed by atoms with Crippen molar-refractivity contribution in [2.75, 3.05) is 50.6 Å². The van der Waals surface area contributed by atoms with Crippen molar-refractivity contribution in [3.63, 3.8) is 0 Å². The Balaban J connectivity index is 1.39. The molecule has 44 heavy (non-hydrogen) atoms. The second kappa shape index (κ2) is 14.1. The van der Waals surface area contributed by atoms with Gasteiger partial charge in [-0.05, 0) is 66.6 Å². The number of nitrogens with zero attached hydrogens (tertiary/aromatic N) is 3. The molecule has 0 aliphatic carbocycles. The smallest absolute Gasteiger partial charge is 0.257 e. The first-order valence-corrected chi connectivity index (χ1v) is 14.9. The Morgan fingerprint density at radius 1 is 0.841 bits per heavy atom. The quantitative estimate of drug-likeness (QED) is 0.256. The second-order valence-electron chi connectivity index (χ2n) is 10.7. The van der Waals surface area contributed by atoms with Crippen LogP contribution in [0.3, 0.4) is 0 Å². The molecule has 226 valence electrons. The van der Waals surface area contributed by atoms with E-state index in [-0.39, 0.29) is 17.7 Å². The van der Waals surface area contributed by atoms with Gasteiger partial charge < -0.3 is 24.8 Å². The minimum Gasteiger partial charge on any atom is -0.497 e. The number of rotatable bonds is 8. The Morgan fingerprint density at radius 3 is 2.30 bits per heavy atom. The zero-order valence-corrected chi connectivity index (χ0v) is 25.6. The molecule has 1 heterocycles. The summed E-state index contributed by atoms with van der Waals surface area (Å²) in [6, 6.07) is 29.1. The first kappa shape index (κ1) is 30.6.